The van der Waals surface area contributed by atoms with Crippen molar-refractivity contribution < 1.29 is 9.59 Å². The molecule has 0 saturated carbocycles. The first-order valence-corrected chi connectivity index (χ1v) is 8.79. The van der Waals surface area contributed by atoms with Crippen LogP contribution in [0.25, 0.3) is 0 Å². The van der Waals surface area contributed by atoms with Crippen LogP contribution < -0.4 is 10.2 Å². The zero-order valence-electron chi connectivity index (χ0n) is 14.1. The van der Waals surface area contributed by atoms with E-state index in [1.165, 1.54) is 0 Å². The van der Waals surface area contributed by atoms with Crippen LogP contribution in [0.5, 0.6) is 0 Å². The monoisotopic (exact) mass is 393 g/mol. The molecule has 0 bridgehead atoms. The summed E-state index contributed by atoms with van der Waals surface area (Å²) in [7, 11) is 0. The highest BCUT2D eigenvalue weighted by molar-refractivity contribution is 6.42. The normalized spacial score (nSPS) is 14.3. The number of benzene rings is 1. The summed E-state index contributed by atoms with van der Waals surface area (Å²) in [6, 6.07) is 6.39. The Balaban J connectivity index is 1.69. The van der Waals surface area contributed by atoms with Gasteiger partial charge in [0.05, 0.1) is 10.0 Å². The van der Waals surface area contributed by atoms with Crippen molar-refractivity contribution in [2.75, 3.05) is 36.4 Å². The maximum absolute atomic E-state index is 12.4. The fourth-order valence-corrected chi connectivity index (χ4v) is 2.92. The molecule has 1 saturated heterocycles. The maximum Gasteiger partial charge on any atom is 0.274 e. The molecule has 0 radical (unpaired) electrons. The van der Waals surface area contributed by atoms with Gasteiger partial charge in [-0.1, -0.05) is 23.2 Å². The molecule has 1 aromatic heterocycles. The minimum absolute atomic E-state index is 0.0559. The van der Waals surface area contributed by atoms with E-state index in [0.717, 1.165) is 0 Å². The highest BCUT2D eigenvalue weighted by atomic mass is 35.5. The van der Waals surface area contributed by atoms with E-state index in [9.17, 15) is 9.59 Å². The number of rotatable bonds is 3. The van der Waals surface area contributed by atoms with Crippen LogP contribution in [0, 0.1) is 0 Å². The third-order valence-electron chi connectivity index (χ3n) is 4.06. The predicted octanol–water partition coefficient (Wildman–Crippen LogP) is 2.70. The van der Waals surface area contributed by atoms with Gasteiger partial charge in [0.2, 0.25) is 11.9 Å². The highest BCUT2D eigenvalue weighted by Crippen LogP contribution is 2.25. The number of piperazine rings is 1. The molecule has 1 aromatic carbocycles. The number of carbonyl (C=O) groups is 2. The van der Waals surface area contributed by atoms with Gasteiger partial charge in [0.15, 0.2) is 0 Å². The van der Waals surface area contributed by atoms with E-state index in [0.29, 0.717) is 47.9 Å². The number of halogens is 2. The van der Waals surface area contributed by atoms with Crippen molar-refractivity contribution in [1.29, 1.82) is 0 Å². The van der Waals surface area contributed by atoms with Crippen LogP contribution in [0.1, 0.15) is 17.4 Å². The summed E-state index contributed by atoms with van der Waals surface area (Å²) in [5.41, 5.74) is 0.773. The molecule has 0 aliphatic carbocycles. The Labute approximate surface area is 160 Å². The van der Waals surface area contributed by atoms with Crippen LogP contribution in [-0.2, 0) is 4.79 Å². The molecule has 7 nitrogen and oxygen atoms in total. The molecule has 26 heavy (non-hydrogen) atoms. The average Bonchev–Trinajstić information content (AvgIpc) is 2.65. The largest absolute Gasteiger partial charge is 0.339 e. The topological polar surface area (TPSA) is 78.4 Å². The van der Waals surface area contributed by atoms with E-state index in [1.807, 2.05) is 4.90 Å². The fourth-order valence-electron chi connectivity index (χ4n) is 2.62. The summed E-state index contributed by atoms with van der Waals surface area (Å²) in [6.45, 7) is 4.02. The zero-order valence-corrected chi connectivity index (χ0v) is 15.6. The molecule has 2 aromatic rings. The smallest absolute Gasteiger partial charge is 0.274 e. The SMILES string of the molecule is CC(=O)N1CCN(c2nccc(C(=O)Nc3ccc(Cl)c(Cl)c3)n2)CC1. The van der Waals surface area contributed by atoms with Crippen LogP contribution in [0.3, 0.4) is 0 Å². The molecule has 1 aliphatic heterocycles. The summed E-state index contributed by atoms with van der Waals surface area (Å²) >= 11 is 11.8. The lowest BCUT2D eigenvalue weighted by Gasteiger charge is -2.34. The average molecular weight is 394 g/mol. The first kappa shape index (κ1) is 18.4. The number of nitrogens with zero attached hydrogens (tertiary/aromatic N) is 4. The van der Waals surface area contributed by atoms with Crippen LogP contribution in [0.15, 0.2) is 30.5 Å². The van der Waals surface area contributed by atoms with Gasteiger partial charge in [-0.15, -0.1) is 0 Å². The molecule has 9 heteroatoms. The van der Waals surface area contributed by atoms with Crippen LogP contribution in [0.4, 0.5) is 11.6 Å². The Bertz CT molecular complexity index is 838. The lowest BCUT2D eigenvalue weighted by Crippen LogP contribution is -2.48. The van der Waals surface area contributed by atoms with E-state index in [-0.39, 0.29) is 17.5 Å². The van der Waals surface area contributed by atoms with Crippen LogP contribution in [-0.4, -0.2) is 52.9 Å². The van der Waals surface area contributed by atoms with Gasteiger partial charge in [-0.25, -0.2) is 9.97 Å². The number of carbonyl (C=O) groups excluding carboxylic acids is 2. The van der Waals surface area contributed by atoms with Gasteiger partial charge >= 0.3 is 0 Å². The Morgan fingerprint density at radius 1 is 1.08 bits per heavy atom. The van der Waals surface area contributed by atoms with Crippen molar-refractivity contribution in [2.45, 2.75) is 6.92 Å². The number of nitrogens with one attached hydrogen (secondary N) is 1. The standard InChI is InChI=1S/C17H17Cl2N5O2/c1-11(25)23-6-8-24(9-7-23)17-20-5-4-15(22-17)16(26)21-12-2-3-13(18)14(19)10-12/h2-5,10H,6-9H2,1H3,(H,21,26). The summed E-state index contributed by atoms with van der Waals surface area (Å²) in [5.74, 6) is 0.157. The van der Waals surface area contributed by atoms with E-state index in [1.54, 1.807) is 42.3 Å². The number of hydrogen-bond donors (Lipinski definition) is 1. The Morgan fingerprint density at radius 3 is 2.46 bits per heavy atom. The van der Waals surface area contributed by atoms with Crippen LogP contribution >= 0.6 is 23.2 Å². The summed E-state index contributed by atoms with van der Waals surface area (Å²) in [4.78, 5) is 36.2. The molecule has 136 valence electrons. The van der Waals surface area contributed by atoms with Gasteiger partial charge < -0.3 is 15.1 Å². The van der Waals surface area contributed by atoms with Crippen molar-refractivity contribution in [2.24, 2.45) is 0 Å². The summed E-state index contributed by atoms with van der Waals surface area (Å²) < 4.78 is 0. The molecule has 0 spiro atoms. The van der Waals surface area contributed by atoms with Gasteiger partial charge in [-0.05, 0) is 24.3 Å². The maximum atomic E-state index is 12.4. The molecule has 0 unspecified atom stereocenters. The van der Waals surface area contributed by atoms with Crippen molar-refractivity contribution in [3.63, 3.8) is 0 Å². The van der Waals surface area contributed by atoms with Gasteiger partial charge in [0, 0.05) is 45.0 Å². The third kappa shape index (κ3) is 4.23. The number of amides is 2. The Kier molecular flexibility index (Phi) is 5.58. The quantitative estimate of drug-likeness (QED) is 0.866. The van der Waals surface area contributed by atoms with Crippen molar-refractivity contribution >= 4 is 46.7 Å². The van der Waals surface area contributed by atoms with Crippen molar-refractivity contribution in [1.82, 2.24) is 14.9 Å². The number of hydrogen-bond acceptors (Lipinski definition) is 5. The molecule has 1 N–H and O–H groups in total. The molecule has 1 fully saturated rings. The van der Waals surface area contributed by atoms with E-state index < -0.39 is 0 Å². The second-order valence-electron chi connectivity index (χ2n) is 5.82. The minimum Gasteiger partial charge on any atom is -0.339 e. The second-order valence-corrected chi connectivity index (χ2v) is 6.63. The van der Waals surface area contributed by atoms with Gasteiger partial charge in [-0.2, -0.15) is 0 Å². The molecular formula is C17H17Cl2N5O2. The number of aromatic nitrogens is 2. The number of anilines is 2. The van der Waals surface area contributed by atoms with E-state index in [4.69, 9.17) is 23.2 Å². The first-order chi connectivity index (χ1) is 12.4. The highest BCUT2D eigenvalue weighted by Gasteiger charge is 2.21. The fraction of sp³-hybridized carbons (Fsp3) is 0.294. The van der Waals surface area contributed by atoms with Gasteiger partial charge in [0.1, 0.15) is 5.69 Å². The Hall–Kier alpha value is -2.38. The van der Waals surface area contributed by atoms with Crippen molar-refractivity contribution in [3.8, 4) is 0 Å². The predicted molar refractivity (Wildman–Crippen MR) is 101 cm³/mol. The minimum atomic E-state index is -0.366. The molecule has 3 rings (SSSR count). The second kappa shape index (κ2) is 7.88. The molecule has 2 amide bonds. The van der Waals surface area contributed by atoms with E-state index in [2.05, 4.69) is 15.3 Å². The van der Waals surface area contributed by atoms with Gasteiger partial charge in [0.25, 0.3) is 5.91 Å². The van der Waals surface area contributed by atoms with Crippen LogP contribution in [0.2, 0.25) is 10.0 Å². The summed E-state index contributed by atoms with van der Waals surface area (Å²) in [6.07, 6.45) is 1.55. The summed E-state index contributed by atoms with van der Waals surface area (Å²) in [5, 5.41) is 3.51. The third-order valence-corrected chi connectivity index (χ3v) is 4.80. The molecule has 2 heterocycles. The first-order valence-electron chi connectivity index (χ1n) is 8.04. The molecule has 0 atom stereocenters. The Morgan fingerprint density at radius 2 is 1.81 bits per heavy atom. The lowest BCUT2D eigenvalue weighted by atomic mass is 10.3. The molecular weight excluding hydrogens is 377 g/mol. The van der Waals surface area contributed by atoms with Gasteiger partial charge in [-0.3, -0.25) is 9.59 Å². The van der Waals surface area contributed by atoms with Crippen molar-refractivity contribution in [3.05, 3.63) is 46.2 Å². The van der Waals surface area contributed by atoms with E-state index >= 15 is 0 Å². The zero-order chi connectivity index (χ0) is 18.7. The lowest BCUT2D eigenvalue weighted by molar-refractivity contribution is -0.129. The molecule has 1 aliphatic rings.